The van der Waals surface area contributed by atoms with Crippen LogP contribution >= 0.6 is 11.6 Å². The Hall–Kier alpha value is -1.89. The number of aromatic nitrogens is 2. The molecular formula is C16H19ClN4O2. The van der Waals surface area contributed by atoms with Gasteiger partial charge in [-0.3, -0.25) is 9.89 Å². The Morgan fingerprint density at radius 2 is 2.35 bits per heavy atom. The molecule has 2 heterocycles. The van der Waals surface area contributed by atoms with Crippen LogP contribution in [0.15, 0.2) is 24.3 Å². The molecule has 23 heavy (non-hydrogen) atoms. The van der Waals surface area contributed by atoms with Crippen molar-refractivity contribution in [2.45, 2.75) is 13.0 Å². The van der Waals surface area contributed by atoms with Gasteiger partial charge in [0.1, 0.15) is 6.10 Å². The summed E-state index contributed by atoms with van der Waals surface area (Å²) >= 11 is 6.07. The van der Waals surface area contributed by atoms with Crippen molar-refractivity contribution in [2.75, 3.05) is 32.1 Å². The first-order chi connectivity index (χ1) is 11.0. The molecule has 2 N–H and O–H groups in total. The summed E-state index contributed by atoms with van der Waals surface area (Å²) < 4.78 is 5.54. The van der Waals surface area contributed by atoms with Crippen LogP contribution in [-0.4, -0.2) is 53.9 Å². The number of carbonyl (C=O) groups is 1. The lowest BCUT2D eigenvalue weighted by Crippen LogP contribution is -2.46. The number of aromatic amines is 1. The number of aryl methyl sites for hydroxylation is 1. The monoisotopic (exact) mass is 334 g/mol. The van der Waals surface area contributed by atoms with E-state index >= 15 is 0 Å². The molecule has 1 amide bonds. The lowest BCUT2D eigenvalue weighted by Gasteiger charge is -2.28. The van der Waals surface area contributed by atoms with Gasteiger partial charge in [-0.05, 0) is 31.7 Å². The largest absolute Gasteiger partial charge is 0.366 e. The first-order valence-electron chi connectivity index (χ1n) is 7.46. The van der Waals surface area contributed by atoms with Gasteiger partial charge in [-0.15, -0.1) is 0 Å². The van der Waals surface area contributed by atoms with Crippen LogP contribution in [0.4, 0.5) is 5.82 Å². The summed E-state index contributed by atoms with van der Waals surface area (Å²) in [7, 11) is 1.97. The number of rotatable bonds is 3. The molecule has 1 fully saturated rings. The molecule has 0 saturated carbocycles. The van der Waals surface area contributed by atoms with Crippen LogP contribution in [0.25, 0.3) is 11.1 Å². The molecule has 0 radical (unpaired) electrons. The van der Waals surface area contributed by atoms with E-state index in [1.54, 1.807) is 0 Å². The average Bonchev–Trinajstić information content (AvgIpc) is 2.88. The van der Waals surface area contributed by atoms with E-state index in [0.29, 0.717) is 24.0 Å². The van der Waals surface area contributed by atoms with Crippen LogP contribution in [0.1, 0.15) is 5.69 Å². The molecule has 7 heteroatoms. The number of amides is 1. The van der Waals surface area contributed by atoms with E-state index in [2.05, 4.69) is 20.4 Å². The number of H-pyrrole nitrogens is 1. The van der Waals surface area contributed by atoms with Crippen molar-refractivity contribution in [3.8, 4) is 11.1 Å². The summed E-state index contributed by atoms with van der Waals surface area (Å²) in [5, 5.41) is 10.6. The Morgan fingerprint density at radius 1 is 1.52 bits per heavy atom. The summed E-state index contributed by atoms with van der Waals surface area (Å²) in [5.74, 6) is 0.304. The molecule has 0 unspecified atom stereocenters. The van der Waals surface area contributed by atoms with Crippen molar-refractivity contribution < 1.29 is 9.53 Å². The van der Waals surface area contributed by atoms with Gasteiger partial charge < -0.3 is 15.0 Å². The van der Waals surface area contributed by atoms with Crippen LogP contribution < -0.4 is 5.32 Å². The third-order valence-electron chi connectivity index (χ3n) is 3.86. The quantitative estimate of drug-likeness (QED) is 0.903. The van der Waals surface area contributed by atoms with Gasteiger partial charge in [-0.2, -0.15) is 5.10 Å². The standard InChI is InChI=1S/C16H19ClN4O2/c1-10-14(11-4-3-5-12(17)8-11)15(20-19-10)18-16(22)13-9-21(2)6-7-23-13/h3-5,8,13H,6-7,9H2,1-2H3,(H2,18,19,20,22)/t13-/m1/s1. The zero-order valence-corrected chi connectivity index (χ0v) is 13.9. The molecule has 0 bridgehead atoms. The number of likely N-dealkylation sites (N-methyl/N-ethyl adjacent to an activating group) is 1. The zero-order chi connectivity index (χ0) is 16.4. The molecule has 1 aliphatic rings. The van der Waals surface area contributed by atoms with Crippen molar-refractivity contribution in [1.82, 2.24) is 15.1 Å². The highest BCUT2D eigenvalue weighted by atomic mass is 35.5. The molecule has 3 rings (SSSR count). The van der Waals surface area contributed by atoms with E-state index in [1.165, 1.54) is 0 Å². The third kappa shape index (κ3) is 3.55. The predicted octanol–water partition coefficient (Wildman–Crippen LogP) is 2.31. The van der Waals surface area contributed by atoms with Gasteiger partial charge in [0.25, 0.3) is 5.91 Å². The first kappa shape index (κ1) is 16.0. The number of halogens is 1. The van der Waals surface area contributed by atoms with E-state index in [-0.39, 0.29) is 5.91 Å². The maximum absolute atomic E-state index is 12.4. The first-order valence-corrected chi connectivity index (χ1v) is 7.84. The highest BCUT2D eigenvalue weighted by Gasteiger charge is 2.26. The SMILES string of the molecule is Cc1[nH]nc(NC(=O)[C@H]2CN(C)CCO2)c1-c1cccc(Cl)c1. The smallest absolute Gasteiger partial charge is 0.256 e. The maximum Gasteiger partial charge on any atom is 0.256 e. The van der Waals surface area contributed by atoms with Gasteiger partial charge in [-0.25, -0.2) is 0 Å². The summed E-state index contributed by atoms with van der Waals surface area (Å²) in [6.45, 7) is 3.86. The number of nitrogens with one attached hydrogen (secondary N) is 2. The Kier molecular flexibility index (Phi) is 4.66. The molecule has 122 valence electrons. The molecule has 1 atom stereocenters. The molecule has 1 aromatic carbocycles. The van der Waals surface area contributed by atoms with E-state index in [4.69, 9.17) is 16.3 Å². The fourth-order valence-corrected chi connectivity index (χ4v) is 2.84. The fourth-order valence-electron chi connectivity index (χ4n) is 2.65. The lowest BCUT2D eigenvalue weighted by molar-refractivity contribution is -0.132. The second kappa shape index (κ2) is 6.70. The predicted molar refractivity (Wildman–Crippen MR) is 89.6 cm³/mol. The Bertz CT molecular complexity index is 716. The van der Waals surface area contributed by atoms with Crippen LogP contribution in [0.5, 0.6) is 0 Å². The van der Waals surface area contributed by atoms with Gasteiger partial charge in [0, 0.05) is 29.4 Å². The van der Waals surface area contributed by atoms with E-state index < -0.39 is 6.10 Å². The summed E-state index contributed by atoms with van der Waals surface area (Å²) in [6, 6.07) is 7.46. The van der Waals surface area contributed by atoms with Gasteiger partial charge in [0.2, 0.25) is 0 Å². The molecule has 2 aromatic rings. The van der Waals surface area contributed by atoms with Crippen LogP contribution in [-0.2, 0) is 9.53 Å². The van der Waals surface area contributed by atoms with Crippen LogP contribution in [0.3, 0.4) is 0 Å². The third-order valence-corrected chi connectivity index (χ3v) is 4.10. The molecule has 1 aromatic heterocycles. The Balaban J connectivity index is 1.83. The van der Waals surface area contributed by atoms with Crippen molar-refractivity contribution in [3.05, 3.63) is 35.0 Å². The fraction of sp³-hybridized carbons (Fsp3) is 0.375. The number of hydrogen-bond acceptors (Lipinski definition) is 4. The van der Waals surface area contributed by atoms with Crippen LogP contribution in [0, 0.1) is 6.92 Å². The Morgan fingerprint density at radius 3 is 3.09 bits per heavy atom. The summed E-state index contributed by atoms with van der Waals surface area (Å²) in [5.41, 5.74) is 2.61. The van der Waals surface area contributed by atoms with Crippen molar-refractivity contribution in [2.24, 2.45) is 0 Å². The molecule has 1 aliphatic heterocycles. The summed E-state index contributed by atoms with van der Waals surface area (Å²) in [6.07, 6.45) is -0.488. The number of hydrogen-bond donors (Lipinski definition) is 2. The number of morpholine rings is 1. The normalized spacial score (nSPS) is 18.8. The van der Waals surface area contributed by atoms with Crippen molar-refractivity contribution in [1.29, 1.82) is 0 Å². The van der Waals surface area contributed by atoms with Gasteiger partial charge in [0.15, 0.2) is 5.82 Å². The minimum atomic E-state index is -0.488. The number of nitrogens with zero attached hydrogens (tertiary/aromatic N) is 2. The number of carbonyl (C=O) groups excluding carboxylic acids is 1. The molecule has 0 spiro atoms. The van der Waals surface area contributed by atoms with Crippen LogP contribution in [0.2, 0.25) is 5.02 Å². The zero-order valence-electron chi connectivity index (χ0n) is 13.1. The molecule has 1 saturated heterocycles. The van der Waals surface area contributed by atoms with Gasteiger partial charge in [-0.1, -0.05) is 23.7 Å². The number of benzene rings is 1. The highest BCUT2D eigenvalue weighted by molar-refractivity contribution is 6.30. The average molecular weight is 335 g/mol. The maximum atomic E-state index is 12.4. The number of ether oxygens (including phenoxy) is 1. The minimum absolute atomic E-state index is 0.189. The Labute approximate surface area is 139 Å². The van der Waals surface area contributed by atoms with Gasteiger partial charge in [0.05, 0.1) is 6.61 Å². The second-order valence-corrected chi connectivity index (χ2v) is 6.13. The summed E-state index contributed by atoms with van der Waals surface area (Å²) in [4.78, 5) is 14.5. The van der Waals surface area contributed by atoms with E-state index in [1.807, 2.05) is 38.2 Å². The van der Waals surface area contributed by atoms with E-state index in [0.717, 1.165) is 23.4 Å². The topological polar surface area (TPSA) is 70.2 Å². The molecule has 6 nitrogen and oxygen atoms in total. The molecule has 0 aliphatic carbocycles. The molecular weight excluding hydrogens is 316 g/mol. The number of anilines is 1. The van der Waals surface area contributed by atoms with E-state index in [9.17, 15) is 4.79 Å². The van der Waals surface area contributed by atoms with Gasteiger partial charge >= 0.3 is 0 Å². The van der Waals surface area contributed by atoms with Crippen molar-refractivity contribution in [3.63, 3.8) is 0 Å². The highest BCUT2D eigenvalue weighted by Crippen LogP contribution is 2.31. The second-order valence-electron chi connectivity index (χ2n) is 5.69. The lowest BCUT2D eigenvalue weighted by atomic mass is 10.1. The minimum Gasteiger partial charge on any atom is -0.366 e. The van der Waals surface area contributed by atoms with Crippen molar-refractivity contribution >= 4 is 23.3 Å².